The normalized spacial score (nSPS) is 16.7. The predicted octanol–water partition coefficient (Wildman–Crippen LogP) is 1.88. The van der Waals surface area contributed by atoms with E-state index < -0.39 is 11.2 Å². The van der Waals surface area contributed by atoms with Crippen LogP contribution in [0.15, 0.2) is 9.59 Å². The summed E-state index contributed by atoms with van der Waals surface area (Å²) in [4.78, 5) is 39.6. The van der Waals surface area contributed by atoms with Gasteiger partial charge in [0, 0.05) is 25.6 Å². The summed E-state index contributed by atoms with van der Waals surface area (Å²) >= 11 is 0. The molecule has 0 radical (unpaired) electrons. The zero-order valence-corrected chi connectivity index (χ0v) is 16.7. The Hall–Kier alpha value is -2.09. The summed E-state index contributed by atoms with van der Waals surface area (Å²) in [5.74, 6) is 0.578. The maximum Gasteiger partial charge on any atom is 0.330 e. The Kier molecular flexibility index (Phi) is 8.09. The van der Waals surface area contributed by atoms with E-state index >= 15 is 0 Å². The van der Waals surface area contributed by atoms with Crippen LogP contribution in [0.2, 0.25) is 0 Å². The molecule has 1 aliphatic rings. The molecule has 27 heavy (non-hydrogen) atoms. The predicted molar refractivity (Wildman–Crippen MR) is 108 cm³/mol. The molecule has 1 fully saturated rings. The van der Waals surface area contributed by atoms with E-state index in [0.717, 1.165) is 38.6 Å². The van der Waals surface area contributed by atoms with Gasteiger partial charge in [0.1, 0.15) is 11.5 Å². The highest BCUT2D eigenvalue weighted by Crippen LogP contribution is 2.18. The lowest BCUT2D eigenvalue weighted by Gasteiger charge is -2.19. The first-order valence-corrected chi connectivity index (χ1v) is 10.1. The number of carbonyl (C=O) groups is 1. The van der Waals surface area contributed by atoms with Gasteiger partial charge in [-0.05, 0) is 38.1 Å². The number of unbranched alkanes of at least 4 members (excludes halogenated alkanes) is 1. The van der Waals surface area contributed by atoms with E-state index in [1.54, 1.807) is 0 Å². The molecule has 1 unspecified atom stereocenters. The fourth-order valence-electron chi connectivity index (χ4n) is 3.22. The first-order valence-electron chi connectivity index (χ1n) is 10.1. The first kappa shape index (κ1) is 21.2. The van der Waals surface area contributed by atoms with Crippen LogP contribution in [-0.4, -0.2) is 34.6 Å². The molecule has 0 aromatic carbocycles. The SMILES string of the molecule is CCCCn1c(NC(=O)CC2CCCN2)c(NCCC(C)C)c(=O)[nH]c1=O. The van der Waals surface area contributed by atoms with Crippen molar-refractivity contribution in [3.8, 4) is 0 Å². The number of hydrogen-bond acceptors (Lipinski definition) is 5. The Labute approximate surface area is 160 Å². The van der Waals surface area contributed by atoms with Gasteiger partial charge >= 0.3 is 5.69 Å². The average molecular weight is 380 g/mol. The van der Waals surface area contributed by atoms with Crippen molar-refractivity contribution in [3.63, 3.8) is 0 Å². The molecule has 4 N–H and O–H groups in total. The minimum atomic E-state index is -0.495. The Morgan fingerprint density at radius 1 is 1.33 bits per heavy atom. The zero-order chi connectivity index (χ0) is 19.8. The molecule has 1 aromatic rings. The van der Waals surface area contributed by atoms with E-state index in [1.165, 1.54) is 4.57 Å². The lowest BCUT2D eigenvalue weighted by atomic mass is 10.1. The van der Waals surface area contributed by atoms with E-state index in [0.29, 0.717) is 25.4 Å². The van der Waals surface area contributed by atoms with Crippen molar-refractivity contribution in [1.29, 1.82) is 0 Å². The molecule has 1 aliphatic heterocycles. The van der Waals surface area contributed by atoms with Gasteiger partial charge in [-0.25, -0.2) is 4.79 Å². The number of H-pyrrole nitrogens is 1. The minimum absolute atomic E-state index is 0.153. The van der Waals surface area contributed by atoms with Crippen molar-refractivity contribution in [1.82, 2.24) is 14.9 Å². The fourth-order valence-corrected chi connectivity index (χ4v) is 3.22. The molecule has 1 atom stereocenters. The molecule has 1 aromatic heterocycles. The quantitative estimate of drug-likeness (QED) is 0.496. The Morgan fingerprint density at radius 3 is 2.74 bits per heavy atom. The molecule has 0 spiro atoms. The molecular weight excluding hydrogens is 346 g/mol. The number of aromatic nitrogens is 2. The number of rotatable bonds is 10. The zero-order valence-electron chi connectivity index (χ0n) is 16.7. The second-order valence-electron chi connectivity index (χ2n) is 7.64. The summed E-state index contributed by atoms with van der Waals surface area (Å²) in [6.07, 6.45) is 4.93. The molecule has 0 saturated carbocycles. The van der Waals surface area contributed by atoms with Gasteiger partial charge in [-0.3, -0.25) is 19.1 Å². The molecule has 8 nitrogen and oxygen atoms in total. The van der Waals surface area contributed by atoms with Crippen LogP contribution in [0.4, 0.5) is 11.5 Å². The van der Waals surface area contributed by atoms with Gasteiger partial charge in [-0.1, -0.05) is 27.2 Å². The molecule has 1 amide bonds. The maximum absolute atomic E-state index is 12.5. The van der Waals surface area contributed by atoms with Crippen LogP contribution < -0.4 is 27.2 Å². The molecule has 2 rings (SSSR count). The van der Waals surface area contributed by atoms with Crippen molar-refractivity contribution >= 4 is 17.4 Å². The molecule has 0 bridgehead atoms. The topological polar surface area (TPSA) is 108 Å². The summed E-state index contributed by atoms with van der Waals surface area (Å²) < 4.78 is 1.46. The highest BCUT2D eigenvalue weighted by Gasteiger charge is 2.21. The average Bonchev–Trinajstić information content (AvgIpc) is 3.09. The molecular formula is C19H33N5O3. The third-order valence-electron chi connectivity index (χ3n) is 4.81. The number of hydrogen-bond donors (Lipinski definition) is 4. The van der Waals surface area contributed by atoms with Crippen LogP contribution in [0.5, 0.6) is 0 Å². The summed E-state index contributed by atoms with van der Waals surface area (Å²) in [6.45, 7) is 8.20. The van der Waals surface area contributed by atoms with Crippen LogP contribution >= 0.6 is 0 Å². The van der Waals surface area contributed by atoms with Gasteiger partial charge in [0.2, 0.25) is 5.91 Å². The lowest BCUT2D eigenvalue weighted by Crippen LogP contribution is -2.36. The summed E-state index contributed by atoms with van der Waals surface area (Å²) in [6, 6.07) is 0.153. The largest absolute Gasteiger partial charge is 0.378 e. The summed E-state index contributed by atoms with van der Waals surface area (Å²) in [5.41, 5.74) is -0.720. The van der Waals surface area contributed by atoms with Crippen LogP contribution in [0, 0.1) is 5.92 Å². The molecule has 152 valence electrons. The maximum atomic E-state index is 12.5. The van der Waals surface area contributed by atoms with E-state index in [-0.39, 0.29) is 23.5 Å². The number of amides is 1. The van der Waals surface area contributed by atoms with Crippen molar-refractivity contribution < 1.29 is 4.79 Å². The Morgan fingerprint density at radius 2 is 2.11 bits per heavy atom. The van der Waals surface area contributed by atoms with Gasteiger partial charge in [-0.15, -0.1) is 0 Å². The van der Waals surface area contributed by atoms with Crippen molar-refractivity contribution in [2.24, 2.45) is 5.92 Å². The van der Waals surface area contributed by atoms with E-state index in [4.69, 9.17) is 0 Å². The van der Waals surface area contributed by atoms with E-state index in [1.807, 2.05) is 6.92 Å². The van der Waals surface area contributed by atoms with Gasteiger partial charge in [0.25, 0.3) is 5.56 Å². The third-order valence-corrected chi connectivity index (χ3v) is 4.81. The van der Waals surface area contributed by atoms with Gasteiger partial charge in [0.15, 0.2) is 0 Å². The number of anilines is 2. The van der Waals surface area contributed by atoms with Crippen LogP contribution in [0.25, 0.3) is 0 Å². The Bertz CT molecular complexity index is 732. The Balaban J connectivity index is 2.27. The van der Waals surface area contributed by atoms with Crippen molar-refractivity contribution in [2.75, 3.05) is 23.7 Å². The molecule has 1 saturated heterocycles. The van der Waals surface area contributed by atoms with Crippen LogP contribution in [0.3, 0.4) is 0 Å². The fraction of sp³-hybridized carbons (Fsp3) is 0.737. The number of carbonyl (C=O) groups excluding carboxylic acids is 1. The van der Waals surface area contributed by atoms with Gasteiger partial charge in [-0.2, -0.15) is 0 Å². The lowest BCUT2D eigenvalue weighted by molar-refractivity contribution is -0.116. The minimum Gasteiger partial charge on any atom is -0.378 e. The van der Waals surface area contributed by atoms with Crippen LogP contribution in [0.1, 0.15) is 59.3 Å². The monoisotopic (exact) mass is 379 g/mol. The number of aromatic amines is 1. The number of nitrogens with zero attached hydrogens (tertiary/aromatic N) is 1. The van der Waals surface area contributed by atoms with Gasteiger partial charge in [0.05, 0.1) is 0 Å². The van der Waals surface area contributed by atoms with Crippen molar-refractivity contribution in [3.05, 3.63) is 20.8 Å². The van der Waals surface area contributed by atoms with E-state index in [2.05, 4.69) is 34.8 Å². The van der Waals surface area contributed by atoms with E-state index in [9.17, 15) is 14.4 Å². The highest BCUT2D eigenvalue weighted by molar-refractivity contribution is 5.93. The summed E-state index contributed by atoms with van der Waals surface area (Å²) in [7, 11) is 0. The summed E-state index contributed by atoms with van der Waals surface area (Å²) in [5, 5.41) is 9.25. The standard InChI is InChI=1S/C19H33N5O3/c1-4-5-11-24-17(22-15(25)12-14-7-6-9-20-14)16(18(26)23-19(24)27)21-10-8-13(2)3/h13-14,20-21H,4-12H2,1-3H3,(H,22,25)(H,23,26,27). The molecule has 8 heteroatoms. The second-order valence-corrected chi connectivity index (χ2v) is 7.64. The number of nitrogens with one attached hydrogen (secondary N) is 4. The second kappa shape index (κ2) is 10.3. The highest BCUT2D eigenvalue weighted by atomic mass is 16.2. The third kappa shape index (κ3) is 6.23. The molecule has 2 heterocycles. The first-order chi connectivity index (χ1) is 12.9. The molecule has 0 aliphatic carbocycles. The smallest absolute Gasteiger partial charge is 0.330 e. The van der Waals surface area contributed by atoms with Crippen LogP contribution in [-0.2, 0) is 11.3 Å². The van der Waals surface area contributed by atoms with Crippen molar-refractivity contribution in [2.45, 2.75) is 71.9 Å². The van der Waals surface area contributed by atoms with Gasteiger partial charge < -0.3 is 16.0 Å².